The van der Waals surface area contributed by atoms with Crippen molar-refractivity contribution in [3.63, 3.8) is 0 Å². The lowest BCUT2D eigenvalue weighted by molar-refractivity contribution is 0.0950. The highest BCUT2D eigenvalue weighted by Crippen LogP contribution is 2.20. The molecule has 1 aliphatic heterocycles. The van der Waals surface area contributed by atoms with Crippen molar-refractivity contribution in [3.05, 3.63) is 47.7 Å². The summed E-state index contributed by atoms with van der Waals surface area (Å²) in [5, 5.41) is 2.89. The molecule has 2 aromatic rings. The Morgan fingerprint density at radius 2 is 2.00 bits per heavy atom. The SMILES string of the molecule is CN(C)CCNC(=O)c1ccc(N2CCc3nccnc3C2)nc1. The molecule has 0 atom stereocenters. The van der Waals surface area contributed by atoms with Gasteiger partial charge in [0.1, 0.15) is 5.82 Å². The van der Waals surface area contributed by atoms with Crippen LogP contribution in [-0.2, 0) is 13.0 Å². The van der Waals surface area contributed by atoms with E-state index in [2.05, 4.69) is 25.2 Å². The molecule has 0 aromatic carbocycles. The van der Waals surface area contributed by atoms with Crippen molar-refractivity contribution in [3.8, 4) is 0 Å². The minimum Gasteiger partial charge on any atom is -0.351 e. The Morgan fingerprint density at radius 3 is 2.71 bits per heavy atom. The second kappa shape index (κ2) is 7.35. The Bertz CT molecular complexity index is 700. The van der Waals surface area contributed by atoms with Crippen molar-refractivity contribution in [2.24, 2.45) is 0 Å². The molecule has 7 heteroatoms. The lowest BCUT2D eigenvalue weighted by Crippen LogP contribution is -2.33. The van der Waals surface area contributed by atoms with Crippen molar-refractivity contribution in [1.29, 1.82) is 0 Å². The monoisotopic (exact) mass is 326 g/mol. The fourth-order valence-electron chi connectivity index (χ4n) is 2.64. The van der Waals surface area contributed by atoms with E-state index in [-0.39, 0.29) is 5.91 Å². The number of hydrogen-bond donors (Lipinski definition) is 1. The Morgan fingerprint density at radius 1 is 1.21 bits per heavy atom. The molecule has 3 rings (SSSR count). The Labute approximate surface area is 141 Å². The average Bonchev–Trinajstić information content (AvgIpc) is 2.61. The first-order valence-corrected chi connectivity index (χ1v) is 8.06. The number of amides is 1. The summed E-state index contributed by atoms with van der Waals surface area (Å²) in [6.07, 6.45) is 5.94. The number of carbonyl (C=O) groups is 1. The molecule has 0 unspecified atom stereocenters. The predicted molar refractivity (Wildman–Crippen MR) is 91.9 cm³/mol. The summed E-state index contributed by atoms with van der Waals surface area (Å²) >= 11 is 0. The van der Waals surface area contributed by atoms with Crippen LogP contribution in [0.2, 0.25) is 0 Å². The van der Waals surface area contributed by atoms with Crippen LogP contribution in [0.15, 0.2) is 30.7 Å². The van der Waals surface area contributed by atoms with Gasteiger partial charge < -0.3 is 15.1 Å². The van der Waals surface area contributed by atoms with Gasteiger partial charge in [-0.15, -0.1) is 0 Å². The summed E-state index contributed by atoms with van der Waals surface area (Å²) in [7, 11) is 3.95. The molecule has 126 valence electrons. The van der Waals surface area contributed by atoms with Gasteiger partial charge in [-0.05, 0) is 26.2 Å². The van der Waals surface area contributed by atoms with E-state index in [9.17, 15) is 4.79 Å². The molecule has 0 radical (unpaired) electrons. The molecule has 1 aliphatic rings. The lowest BCUT2D eigenvalue weighted by Gasteiger charge is -2.28. The molecule has 2 aromatic heterocycles. The third kappa shape index (κ3) is 3.86. The maximum Gasteiger partial charge on any atom is 0.252 e. The largest absolute Gasteiger partial charge is 0.351 e. The van der Waals surface area contributed by atoms with Gasteiger partial charge >= 0.3 is 0 Å². The number of carbonyl (C=O) groups excluding carboxylic acids is 1. The Balaban J connectivity index is 1.62. The molecule has 0 spiro atoms. The van der Waals surface area contributed by atoms with E-state index >= 15 is 0 Å². The zero-order valence-corrected chi connectivity index (χ0v) is 14.1. The molecule has 0 saturated heterocycles. The van der Waals surface area contributed by atoms with Crippen LogP contribution in [-0.4, -0.2) is 59.5 Å². The molecule has 1 N–H and O–H groups in total. The topological polar surface area (TPSA) is 74.2 Å². The second-order valence-electron chi connectivity index (χ2n) is 6.09. The number of rotatable bonds is 5. The molecule has 3 heterocycles. The van der Waals surface area contributed by atoms with Gasteiger partial charge in [-0.3, -0.25) is 14.8 Å². The fraction of sp³-hybridized carbons (Fsp3) is 0.412. The summed E-state index contributed by atoms with van der Waals surface area (Å²) in [6, 6.07) is 3.71. The van der Waals surface area contributed by atoms with Gasteiger partial charge in [-0.2, -0.15) is 0 Å². The first-order valence-electron chi connectivity index (χ1n) is 8.06. The summed E-state index contributed by atoms with van der Waals surface area (Å²) in [6.45, 7) is 2.98. The van der Waals surface area contributed by atoms with Crippen LogP contribution in [0.3, 0.4) is 0 Å². The second-order valence-corrected chi connectivity index (χ2v) is 6.09. The van der Waals surface area contributed by atoms with Crippen LogP contribution in [0.25, 0.3) is 0 Å². The molecule has 1 amide bonds. The normalized spacial score (nSPS) is 13.7. The van der Waals surface area contributed by atoms with Crippen LogP contribution >= 0.6 is 0 Å². The maximum absolute atomic E-state index is 12.1. The summed E-state index contributed by atoms with van der Waals surface area (Å²) in [4.78, 5) is 29.5. The van der Waals surface area contributed by atoms with Gasteiger partial charge in [0.15, 0.2) is 0 Å². The summed E-state index contributed by atoms with van der Waals surface area (Å²) in [5.41, 5.74) is 2.64. The van der Waals surface area contributed by atoms with E-state index in [4.69, 9.17) is 0 Å². The van der Waals surface area contributed by atoms with Crippen molar-refractivity contribution in [1.82, 2.24) is 25.2 Å². The molecule has 0 aliphatic carbocycles. The zero-order chi connectivity index (χ0) is 16.9. The van der Waals surface area contributed by atoms with Gasteiger partial charge in [-0.1, -0.05) is 0 Å². The van der Waals surface area contributed by atoms with Crippen LogP contribution in [0.5, 0.6) is 0 Å². The number of likely N-dealkylation sites (N-methyl/N-ethyl adjacent to an activating group) is 1. The molecule has 0 saturated carbocycles. The number of nitrogens with one attached hydrogen (secondary N) is 1. The highest BCUT2D eigenvalue weighted by Gasteiger charge is 2.19. The van der Waals surface area contributed by atoms with Gasteiger partial charge in [0, 0.05) is 44.6 Å². The Kier molecular flexibility index (Phi) is 5.00. The summed E-state index contributed by atoms with van der Waals surface area (Å²) < 4.78 is 0. The molecular formula is C17H22N6O. The van der Waals surface area contributed by atoms with Crippen molar-refractivity contribution < 1.29 is 4.79 Å². The number of aromatic nitrogens is 3. The predicted octanol–water partition coefficient (Wildman–Crippen LogP) is 0.726. The van der Waals surface area contributed by atoms with Crippen molar-refractivity contribution >= 4 is 11.7 Å². The molecule has 0 bridgehead atoms. The summed E-state index contributed by atoms with van der Waals surface area (Å²) in [5.74, 6) is 0.766. The van der Waals surface area contributed by atoms with Crippen LogP contribution in [0.4, 0.5) is 5.82 Å². The van der Waals surface area contributed by atoms with Crippen molar-refractivity contribution in [2.75, 3.05) is 38.6 Å². The highest BCUT2D eigenvalue weighted by molar-refractivity contribution is 5.94. The first kappa shape index (κ1) is 16.3. The number of pyridine rings is 1. The minimum atomic E-state index is -0.0919. The van der Waals surface area contributed by atoms with Gasteiger partial charge in [-0.25, -0.2) is 4.98 Å². The average molecular weight is 326 g/mol. The minimum absolute atomic E-state index is 0.0919. The van der Waals surface area contributed by atoms with Crippen LogP contribution in [0, 0.1) is 0 Å². The van der Waals surface area contributed by atoms with E-state index in [1.165, 1.54) is 0 Å². The molecule has 7 nitrogen and oxygen atoms in total. The third-order valence-electron chi connectivity index (χ3n) is 4.00. The van der Waals surface area contributed by atoms with E-state index in [1.54, 1.807) is 18.6 Å². The van der Waals surface area contributed by atoms with Crippen LogP contribution < -0.4 is 10.2 Å². The highest BCUT2D eigenvalue weighted by atomic mass is 16.1. The van der Waals surface area contributed by atoms with Gasteiger partial charge in [0.2, 0.25) is 0 Å². The fourth-order valence-corrected chi connectivity index (χ4v) is 2.64. The van der Waals surface area contributed by atoms with E-state index < -0.39 is 0 Å². The standard InChI is InChI=1S/C17H22N6O/c1-22(2)10-8-20-17(24)13-3-4-16(21-11-13)23-9-5-14-15(12-23)19-7-6-18-14/h3-4,6-7,11H,5,8-10,12H2,1-2H3,(H,20,24). The number of hydrogen-bond acceptors (Lipinski definition) is 6. The first-order chi connectivity index (χ1) is 11.6. The zero-order valence-electron chi connectivity index (χ0n) is 14.1. The lowest BCUT2D eigenvalue weighted by atomic mass is 10.1. The number of fused-ring (bicyclic) bond motifs is 1. The quantitative estimate of drug-likeness (QED) is 0.873. The van der Waals surface area contributed by atoms with Gasteiger partial charge in [0.25, 0.3) is 5.91 Å². The van der Waals surface area contributed by atoms with E-state index in [0.717, 1.165) is 36.7 Å². The molecular weight excluding hydrogens is 304 g/mol. The maximum atomic E-state index is 12.1. The molecule has 24 heavy (non-hydrogen) atoms. The van der Waals surface area contributed by atoms with E-state index in [0.29, 0.717) is 18.7 Å². The third-order valence-corrected chi connectivity index (χ3v) is 4.00. The Hall–Kier alpha value is -2.54. The van der Waals surface area contributed by atoms with E-state index in [1.807, 2.05) is 31.1 Å². The van der Waals surface area contributed by atoms with Crippen molar-refractivity contribution in [2.45, 2.75) is 13.0 Å². The number of nitrogens with zero attached hydrogens (tertiary/aromatic N) is 5. The van der Waals surface area contributed by atoms with Crippen LogP contribution in [0.1, 0.15) is 21.7 Å². The molecule has 0 fully saturated rings. The van der Waals surface area contributed by atoms with Gasteiger partial charge in [0.05, 0.1) is 23.5 Å². The number of anilines is 1. The smallest absolute Gasteiger partial charge is 0.252 e.